The second kappa shape index (κ2) is 9.08. The summed E-state index contributed by atoms with van der Waals surface area (Å²) in [6, 6.07) is 14.1. The summed E-state index contributed by atoms with van der Waals surface area (Å²) in [5, 5.41) is 8.58. The normalized spacial score (nSPS) is 10.4. The molecule has 0 unspecified atom stereocenters. The van der Waals surface area contributed by atoms with Gasteiger partial charge in [-0.25, -0.2) is 4.79 Å². The van der Waals surface area contributed by atoms with Gasteiger partial charge in [-0.3, -0.25) is 4.79 Å². The molecule has 0 saturated heterocycles. The van der Waals surface area contributed by atoms with Crippen LogP contribution in [0.4, 0.5) is 10.5 Å². The molecule has 132 valence electrons. The quantitative estimate of drug-likeness (QED) is 0.728. The summed E-state index contributed by atoms with van der Waals surface area (Å²) in [4.78, 5) is 24.0. The molecule has 2 aromatic carbocycles. The van der Waals surface area contributed by atoms with Crippen molar-refractivity contribution in [2.75, 3.05) is 11.9 Å². The largest absolute Gasteiger partial charge is 0.352 e. The molecule has 0 aliphatic heterocycles. The fourth-order valence-corrected chi connectivity index (χ4v) is 2.39. The molecule has 3 amide bonds. The van der Waals surface area contributed by atoms with Crippen molar-refractivity contribution in [2.45, 2.75) is 20.4 Å². The van der Waals surface area contributed by atoms with E-state index in [-0.39, 0.29) is 11.9 Å². The number of benzene rings is 2. The Morgan fingerprint density at radius 3 is 2.40 bits per heavy atom. The topological polar surface area (TPSA) is 70.2 Å². The van der Waals surface area contributed by atoms with Gasteiger partial charge in [0.1, 0.15) is 0 Å². The Balaban J connectivity index is 1.91. The van der Waals surface area contributed by atoms with Crippen LogP contribution in [0.15, 0.2) is 48.5 Å². The summed E-state index contributed by atoms with van der Waals surface area (Å²) in [7, 11) is 0. The van der Waals surface area contributed by atoms with Crippen molar-refractivity contribution in [3.8, 4) is 0 Å². The molecule has 0 spiro atoms. The smallest absolute Gasteiger partial charge is 0.319 e. The van der Waals surface area contributed by atoms with Gasteiger partial charge in [-0.15, -0.1) is 0 Å². The standard InChI is InChI=1S/C19H22ClN3O2/c1-13(2)11-21-18(24)16-9-8-15(10-17(16)20)23-19(25)22-12-14-6-4-3-5-7-14/h3-10,13H,11-12H2,1-2H3,(H,21,24)(H2,22,23,25). The second-order valence-electron chi connectivity index (χ2n) is 6.09. The van der Waals surface area contributed by atoms with Crippen molar-refractivity contribution in [1.82, 2.24) is 10.6 Å². The number of nitrogens with one attached hydrogen (secondary N) is 3. The van der Waals surface area contributed by atoms with E-state index in [0.29, 0.717) is 35.3 Å². The van der Waals surface area contributed by atoms with Gasteiger partial charge < -0.3 is 16.0 Å². The molecule has 6 heteroatoms. The number of rotatable bonds is 6. The molecule has 0 aliphatic carbocycles. The van der Waals surface area contributed by atoms with Gasteiger partial charge >= 0.3 is 6.03 Å². The number of hydrogen-bond acceptors (Lipinski definition) is 2. The van der Waals surface area contributed by atoms with Crippen LogP contribution in [-0.2, 0) is 6.54 Å². The molecule has 0 saturated carbocycles. The molecule has 2 aromatic rings. The first-order valence-electron chi connectivity index (χ1n) is 8.12. The van der Waals surface area contributed by atoms with Gasteiger partial charge in [0.25, 0.3) is 5.91 Å². The molecule has 25 heavy (non-hydrogen) atoms. The lowest BCUT2D eigenvalue weighted by molar-refractivity contribution is 0.0949. The van der Waals surface area contributed by atoms with Crippen molar-refractivity contribution in [1.29, 1.82) is 0 Å². The summed E-state index contributed by atoms with van der Waals surface area (Å²) >= 11 is 6.16. The lowest BCUT2D eigenvalue weighted by Crippen LogP contribution is -2.29. The lowest BCUT2D eigenvalue weighted by Gasteiger charge is -2.11. The summed E-state index contributed by atoms with van der Waals surface area (Å²) in [6.45, 7) is 5.04. The zero-order valence-electron chi connectivity index (χ0n) is 14.3. The van der Waals surface area contributed by atoms with Crippen molar-refractivity contribution < 1.29 is 9.59 Å². The molecule has 0 fully saturated rings. The van der Waals surface area contributed by atoms with Crippen LogP contribution in [0.25, 0.3) is 0 Å². The Hall–Kier alpha value is -2.53. The van der Waals surface area contributed by atoms with Gasteiger partial charge in [-0.05, 0) is 29.7 Å². The van der Waals surface area contributed by atoms with E-state index in [1.54, 1.807) is 18.2 Å². The molecular formula is C19H22ClN3O2. The number of urea groups is 1. The molecular weight excluding hydrogens is 338 g/mol. The fraction of sp³-hybridized carbons (Fsp3) is 0.263. The van der Waals surface area contributed by atoms with E-state index < -0.39 is 0 Å². The number of hydrogen-bond donors (Lipinski definition) is 3. The Morgan fingerprint density at radius 2 is 1.76 bits per heavy atom. The van der Waals surface area contributed by atoms with Crippen molar-refractivity contribution in [3.05, 3.63) is 64.7 Å². The van der Waals surface area contributed by atoms with Crippen molar-refractivity contribution in [3.63, 3.8) is 0 Å². The summed E-state index contributed by atoms with van der Waals surface area (Å²) < 4.78 is 0. The van der Waals surface area contributed by atoms with Gasteiger partial charge in [0.05, 0.1) is 10.6 Å². The lowest BCUT2D eigenvalue weighted by atomic mass is 10.1. The molecule has 2 rings (SSSR count). The number of carbonyl (C=O) groups excluding carboxylic acids is 2. The van der Waals surface area contributed by atoms with Crippen LogP contribution in [0, 0.1) is 5.92 Å². The minimum Gasteiger partial charge on any atom is -0.352 e. The van der Waals surface area contributed by atoms with Gasteiger partial charge in [0, 0.05) is 18.8 Å². The molecule has 0 atom stereocenters. The van der Waals surface area contributed by atoms with Crippen LogP contribution in [0.5, 0.6) is 0 Å². The van der Waals surface area contributed by atoms with E-state index in [1.807, 2.05) is 44.2 Å². The van der Waals surface area contributed by atoms with Crippen LogP contribution in [0.2, 0.25) is 5.02 Å². The van der Waals surface area contributed by atoms with Gasteiger partial charge in [0.2, 0.25) is 0 Å². The number of anilines is 1. The first kappa shape index (κ1) is 18.8. The molecule has 0 radical (unpaired) electrons. The SMILES string of the molecule is CC(C)CNC(=O)c1ccc(NC(=O)NCc2ccccc2)cc1Cl. The summed E-state index contributed by atoms with van der Waals surface area (Å²) in [5.41, 5.74) is 1.92. The predicted octanol–water partition coefficient (Wildman–Crippen LogP) is 4.05. The van der Waals surface area contributed by atoms with Crippen LogP contribution >= 0.6 is 11.6 Å². The van der Waals surface area contributed by atoms with Gasteiger partial charge in [-0.1, -0.05) is 55.8 Å². The van der Waals surface area contributed by atoms with Crippen LogP contribution in [0.1, 0.15) is 29.8 Å². The van der Waals surface area contributed by atoms with Gasteiger partial charge in [-0.2, -0.15) is 0 Å². The third-order valence-electron chi connectivity index (χ3n) is 3.44. The first-order valence-corrected chi connectivity index (χ1v) is 8.50. The number of halogens is 1. The number of carbonyl (C=O) groups is 2. The molecule has 0 aromatic heterocycles. The average molecular weight is 360 g/mol. The zero-order valence-corrected chi connectivity index (χ0v) is 15.1. The van der Waals surface area contributed by atoms with Crippen molar-refractivity contribution >= 4 is 29.2 Å². The molecule has 0 heterocycles. The third-order valence-corrected chi connectivity index (χ3v) is 3.75. The Kier molecular flexibility index (Phi) is 6.83. The molecule has 3 N–H and O–H groups in total. The fourth-order valence-electron chi connectivity index (χ4n) is 2.12. The first-order chi connectivity index (χ1) is 12.0. The van der Waals surface area contributed by atoms with Crippen molar-refractivity contribution in [2.24, 2.45) is 5.92 Å². The minimum atomic E-state index is -0.336. The van der Waals surface area contributed by atoms with Gasteiger partial charge in [0.15, 0.2) is 0 Å². The average Bonchev–Trinajstić information content (AvgIpc) is 2.59. The Labute approximate surface area is 152 Å². The van der Waals surface area contributed by atoms with Crippen LogP contribution in [-0.4, -0.2) is 18.5 Å². The monoisotopic (exact) mass is 359 g/mol. The molecule has 5 nitrogen and oxygen atoms in total. The zero-order chi connectivity index (χ0) is 18.2. The van der Waals surface area contributed by atoms with E-state index in [2.05, 4.69) is 16.0 Å². The Morgan fingerprint density at radius 1 is 1.04 bits per heavy atom. The maximum absolute atomic E-state index is 12.1. The maximum Gasteiger partial charge on any atom is 0.319 e. The van der Waals surface area contributed by atoms with E-state index >= 15 is 0 Å². The van der Waals surface area contributed by atoms with E-state index in [4.69, 9.17) is 11.6 Å². The highest BCUT2D eigenvalue weighted by Crippen LogP contribution is 2.21. The highest BCUT2D eigenvalue weighted by Gasteiger charge is 2.12. The molecule has 0 aliphatic rings. The highest BCUT2D eigenvalue weighted by atomic mass is 35.5. The van der Waals surface area contributed by atoms with Crippen LogP contribution in [0.3, 0.4) is 0 Å². The summed E-state index contributed by atoms with van der Waals surface area (Å²) in [6.07, 6.45) is 0. The van der Waals surface area contributed by atoms with E-state index in [9.17, 15) is 9.59 Å². The van der Waals surface area contributed by atoms with E-state index in [0.717, 1.165) is 5.56 Å². The predicted molar refractivity (Wildman–Crippen MR) is 101 cm³/mol. The third kappa shape index (κ3) is 6.12. The highest BCUT2D eigenvalue weighted by molar-refractivity contribution is 6.34. The van der Waals surface area contributed by atoms with Crippen LogP contribution < -0.4 is 16.0 Å². The number of amides is 3. The second-order valence-corrected chi connectivity index (χ2v) is 6.50. The minimum absolute atomic E-state index is 0.223. The summed E-state index contributed by atoms with van der Waals surface area (Å²) in [5.74, 6) is 0.135. The Bertz CT molecular complexity index is 733. The van der Waals surface area contributed by atoms with E-state index in [1.165, 1.54) is 0 Å². The molecule has 0 bridgehead atoms. The maximum atomic E-state index is 12.1.